The molecule has 3 aliphatic rings. The van der Waals surface area contributed by atoms with Crippen LogP contribution in [0, 0.1) is 24.2 Å². The largest absolute Gasteiger partial charge is 0.490 e. The Morgan fingerprint density at radius 3 is 2.86 bits per heavy atom. The van der Waals surface area contributed by atoms with Crippen LogP contribution in [0.3, 0.4) is 0 Å². The van der Waals surface area contributed by atoms with Crippen molar-refractivity contribution >= 4 is 0 Å². The molecule has 2 saturated carbocycles. The summed E-state index contributed by atoms with van der Waals surface area (Å²) in [7, 11) is 0. The molecule has 1 heterocycles. The molecule has 3 atom stereocenters. The second-order valence-corrected chi connectivity index (χ2v) is 7.70. The molecule has 21 heavy (non-hydrogen) atoms. The van der Waals surface area contributed by atoms with Crippen molar-refractivity contribution in [3.05, 3.63) is 29.3 Å². The van der Waals surface area contributed by atoms with Crippen molar-refractivity contribution in [3.63, 3.8) is 0 Å². The fourth-order valence-corrected chi connectivity index (χ4v) is 4.83. The van der Waals surface area contributed by atoms with Gasteiger partial charge in [-0.1, -0.05) is 24.6 Å². The molecule has 0 aromatic heterocycles. The molecule has 3 unspecified atom stereocenters. The minimum atomic E-state index is 0.401. The summed E-state index contributed by atoms with van der Waals surface area (Å²) in [5, 5.41) is 3.62. The number of aryl methyl sites for hydroxylation is 1. The average molecular weight is 285 g/mol. The molecule has 2 fully saturated rings. The van der Waals surface area contributed by atoms with Crippen LogP contribution >= 0.6 is 0 Å². The minimum absolute atomic E-state index is 0.401. The van der Waals surface area contributed by atoms with E-state index in [0.29, 0.717) is 11.5 Å². The highest BCUT2D eigenvalue weighted by molar-refractivity contribution is 5.40. The Labute approximate surface area is 128 Å². The molecule has 0 bridgehead atoms. The zero-order valence-corrected chi connectivity index (χ0v) is 13.3. The van der Waals surface area contributed by atoms with Crippen LogP contribution in [0.25, 0.3) is 0 Å². The zero-order chi connectivity index (χ0) is 14.4. The first-order valence-corrected chi connectivity index (χ1v) is 8.64. The van der Waals surface area contributed by atoms with E-state index in [0.717, 1.165) is 30.6 Å². The summed E-state index contributed by atoms with van der Waals surface area (Å²) < 4.78 is 6.25. The minimum Gasteiger partial charge on any atom is -0.490 e. The van der Waals surface area contributed by atoms with Gasteiger partial charge in [-0.25, -0.2) is 0 Å². The number of fused-ring (bicyclic) bond motifs is 2. The standard InChI is InChI=1S/C19H27NO/c1-3-20-12-19(9-15-7-16(15)10-19)11-17-8-14-6-13(2)4-5-18(14)21-17/h4-6,15-17,20H,3,7-12H2,1-2H3. The highest BCUT2D eigenvalue weighted by Crippen LogP contribution is 2.61. The molecule has 1 aromatic rings. The van der Waals surface area contributed by atoms with Gasteiger partial charge in [0.15, 0.2) is 0 Å². The van der Waals surface area contributed by atoms with E-state index >= 15 is 0 Å². The molecule has 0 spiro atoms. The summed E-state index contributed by atoms with van der Waals surface area (Å²) in [6.45, 7) is 6.66. The first-order chi connectivity index (χ1) is 10.2. The average Bonchev–Trinajstić information content (AvgIpc) is 2.91. The lowest BCUT2D eigenvalue weighted by atomic mass is 9.77. The molecule has 2 nitrogen and oxygen atoms in total. The summed E-state index contributed by atoms with van der Waals surface area (Å²) in [6.07, 6.45) is 7.11. The molecule has 114 valence electrons. The molecule has 1 N–H and O–H groups in total. The van der Waals surface area contributed by atoms with Crippen LogP contribution in [-0.2, 0) is 6.42 Å². The van der Waals surface area contributed by atoms with Gasteiger partial charge in [-0.3, -0.25) is 0 Å². The van der Waals surface area contributed by atoms with Crippen molar-refractivity contribution in [2.45, 2.75) is 52.1 Å². The van der Waals surface area contributed by atoms with Crippen LogP contribution in [-0.4, -0.2) is 19.2 Å². The number of nitrogens with one attached hydrogen (secondary N) is 1. The van der Waals surface area contributed by atoms with Crippen molar-refractivity contribution in [2.75, 3.05) is 13.1 Å². The Hall–Kier alpha value is -1.02. The Morgan fingerprint density at radius 2 is 2.10 bits per heavy atom. The fourth-order valence-electron chi connectivity index (χ4n) is 4.83. The number of rotatable bonds is 5. The first-order valence-electron chi connectivity index (χ1n) is 8.64. The smallest absolute Gasteiger partial charge is 0.123 e. The normalized spacial score (nSPS) is 36.2. The van der Waals surface area contributed by atoms with Gasteiger partial charge < -0.3 is 10.1 Å². The first kappa shape index (κ1) is 13.6. The molecule has 1 aromatic carbocycles. The van der Waals surface area contributed by atoms with E-state index in [1.165, 1.54) is 43.4 Å². The van der Waals surface area contributed by atoms with Gasteiger partial charge in [0.25, 0.3) is 0 Å². The summed E-state index contributed by atoms with van der Waals surface area (Å²) >= 11 is 0. The molecule has 2 heteroatoms. The zero-order valence-electron chi connectivity index (χ0n) is 13.3. The SMILES string of the molecule is CCNCC1(CC2Cc3cc(C)ccc3O2)CC2CC2C1. The van der Waals surface area contributed by atoms with E-state index in [2.05, 4.69) is 37.4 Å². The van der Waals surface area contributed by atoms with Gasteiger partial charge in [0.05, 0.1) is 0 Å². The maximum atomic E-state index is 6.25. The molecular formula is C19H27NO. The van der Waals surface area contributed by atoms with Gasteiger partial charge in [-0.15, -0.1) is 0 Å². The van der Waals surface area contributed by atoms with Crippen LogP contribution in [0.5, 0.6) is 5.75 Å². The Morgan fingerprint density at radius 1 is 1.29 bits per heavy atom. The Kier molecular flexibility index (Phi) is 3.25. The van der Waals surface area contributed by atoms with E-state index in [-0.39, 0.29) is 0 Å². The van der Waals surface area contributed by atoms with Crippen LogP contribution in [0.15, 0.2) is 18.2 Å². The van der Waals surface area contributed by atoms with E-state index in [9.17, 15) is 0 Å². The van der Waals surface area contributed by atoms with Gasteiger partial charge in [0.2, 0.25) is 0 Å². The lowest BCUT2D eigenvalue weighted by Gasteiger charge is -2.33. The number of hydrogen-bond donors (Lipinski definition) is 1. The fraction of sp³-hybridized carbons (Fsp3) is 0.684. The topological polar surface area (TPSA) is 21.3 Å². The molecular weight excluding hydrogens is 258 g/mol. The molecule has 0 saturated heterocycles. The van der Waals surface area contributed by atoms with Crippen LogP contribution in [0.2, 0.25) is 0 Å². The second kappa shape index (κ2) is 5.01. The van der Waals surface area contributed by atoms with Crippen molar-refractivity contribution in [2.24, 2.45) is 17.3 Å². The molecule has 0 radical (unpaired) electrons. The molecule has 4 rings (SSSR count). The van der Waals surface area contributed by atoms with E-state index in [1.54, 1.807) is 0 Å². The summed E-state index contributed by atoms with van der Waals surface area (Å²) in [5.41, 5.74) is 3.27. The van der Waals surface area contributed by atoms with Gasteiger partial charge in [-0.2, -0.15) is 0 Å². The van der Waals surface area contributed by atoms with Gasteiger partial charge >= 0.3 is 0 Å². The third-order valence-corrected chi connectivity index (χ3v) is 5.83. The quantitative estimate of drug-likeness (QED) is 0.890. The van der Waals surface area contributed by atoms with Crippen molar-refractivity contribution in [1.29, 1.82) is 0 Å². The number of hydrogen-bond acceptors (Lipinski definition) is 2. The highest BCUT2D eigenvalue weighted by atomic mass is 16.5. The van der Waals surface area contributed by atoms with E-state index < -0.39 is 0 Å². The second-order valence-electron chi connectivity index (χ2n) is 7.70. The highest BCUT2D eigenvalue weighted by Gasteiger charge is 2.54. The Bertz CT molecular complexity index is 528. The van der Waals surface area contributed by atoms with Gasteiger partial charge in [0, 0.05) is 13.0 Å². The van der Waals surface area contributed by atoms with Crippen molar-refractivity contribution < 1.29 is 4.74 Å². The lowest BCUT2D eigenvalue weighted by Crippen LogP contribution is -2.37. The molecule has 2 aliphatic carbocycles. The number of benzene rings is 1. The van der Waals surface area contributed by atoms with Crippen LogP contribution in [0.1, 0.15) is 43.7 Å². The summed E-state index contributed by atoms with van der Waals surface area (Å²) in [4.78, 5) is 0. The van der Waals surface area contributed by atoms with Crippen molar-refractivity contribution in [1.82, 2.24) is 5.32 Å². The molecule has 0 amide bonds. The molecule has 1 aliphatic heterocycles. The van der Waals surface area contributed by atoms with E-state index in [1.807, 2.05) is 0 Å². The summed E-state index contributed by atoms with van der Waals surface area (Å²) in [5.74, 6) is 3.21. The van der Waals surface area contributed by atoms with E-state index in [4.69, 9.17) is 4.74 Å². The third kappa shape index (κ3) is 2.59. The maximum absolute atomic E-state index is 6.25. The van der Waals surface area contributed by atoms with Gasteiger partial charge in [0.1, 0.15) is 11.9 Å². The number of ether oxygens (including phenoxy) is 1. The maximum Gasteiger partial charge on any atom is 0.123 e. The monoisotopic (exact) mass is 285 g/mol. The van der Waals surface area contributed by atoms with Crippen molar-refractivity contribution in [3.8, 4) is 5.75 Å². The lowest BCUT2D eigenvalue weighted by molar-refractivity contribution is 0.124. The van der Waals surface area contributed by atoms with Gasteiger partial charge in [-0.05, 0) is 68.0 Å². The van der Waals surface area contributed by atoms with Crippen LogP contribution < -0.4 is 10.1 Å². The van der Waals surface area contributed by atoms with Crippen LogP contribution in [0.4, 0.5) is 0 Å². The predicted molar refractivity (Wildman–Crippen MR) is 85.7 cm³/mol. The Balaban J connectivity index is 1.45. The third-order valence-electron chi connectivity index (χ3n) is 5.83. The predicted octanol–water partition coefficient (Wildman–Crippen LogP) is 3.71. The summed E-state index contributed by atoms with van der Waals surface area (Å²) in [6, 6.07) is 6.63.